The molecule has 126 valence electrons. The van der Waals surface area contributed by atoms with E-state index in [9.17, 15) is 0 Å². The van der Waals surface area contributed by atoms with Crippen LogP contribution in [0, 0.1) is 0 Å². The highest BCUT2D eigenvalue weighted by Gasteiger charge is 2.44. The summed E-state index contributed by atoms with van der Waals surface area (Å²) >= 11 is 6.74. The minimum Gasteiger partial charge on any atom is -0.303 e. The third-order valence-electron chi connectivity index (χ3n) is 4.98. The maximum atomic E-state index is 6.74. The fourth-order valence-electron chi connectivity index (χ4n) is 3.92. The number of nitrogens with one attached hydrogen (secondary N) is 1. The highest BCUT2D eigenvalue weighted by molar-refractivity contribution is 6.31. The lowest BCUT2D eigenvalue weighted by atomic mass is 9.75. The van der Waals surface area contributed by atoms with Gasteiger partial charge in [-0.2, -0.15) is 0 Å². The molecule has 0 atom stereocenters. The number of benzene rings is 3. The van der Waals surface area contributed by atoms with E-state index in [4.69, 9.17) is 11.6 Å². The molecule has 3 heteroatoms. The topological polar surface area (TPSA) is 15.3 Å². The summed E-state index contributed by atoms with van der Waals surface area (Å²) in [4.78, 5) is 2.48. The predicted molar refractivity (Wildman–Crippen MR) is 104 cm³/mol. The molecule has 25 heavy (non-hydrogen) atoms. The number of halogens is 1. The lowest BCUT2D eigenvalue weighted by Gasteiger charge is -2.43. The van der Waals surface area contributed by atoms with Gasteiger partial charge < -0.3 is 5.32 Å². The van der Waals surface area contributed by atoms with Crippen LogP contribution in [0.3, 0.4) is 0 Å². The van der Waals surface area contributed by atoms with Gasteiger partial charge in [0.2, 0.25) is 0 Å². The van der Waals surface area contributed by atoms with Crippen molar-refractivity contribution in [3.63, 3.8) is 0 Å². The quantitative estimate of drug-likeness (QED) is 0.699. The van der Waals surface area contributed by atoms with Crippen molar-refractivity contribution in [2.24, 2.45) is 0 Å². The summed E-state index contributed by atoms with van der Waals surface area (Å²) in [5.41, 5.74) is 3.18. The van der Waals surface area contributed by atoms with Crippen molar-refractivity contribution in [3.8, 4) is 0 Å². The van der Waals surface area contributed by atoms with E-state index in [1.54, 1.807) is 0 Å². The summed E-state index contributed by atoms with van der Waals surface area (Å²) in [5.74, 6) is 0. The third kappa shape index (κ3) is 2.77. The van der Waals surface area contributed by atoms with Crippen molar-refractivity contribution in [1.82, 2.24) is 10.2 Å². The molecule has 0 aromatic heterocycles. The van der Waals surface area contributed by atoms with E-state index < -0.39 is 5.54 Å². The molecule has 0 unspecified atom stereocenters. The van der Waals surface area contributed by atoms with Gasteiger partial charge in [-0.15, -0.1) is 0 Å². The molecule has 1 saturated heterocycles. The Morgan fingerprint density at radius 3 is 1.84 bits per heavy atom. The lowest BCUT2D eigenvalue weighted by molar-refractivity contribution is 0.197. The van der Waals surface area contributed by atoms with Gasteiger partial charge in [-0.3, -0.25) is 4.90 Å². The predicted octanol–water partition coefficient (Wildman–Crippen LogP) is 4.49. The Bertz CT molecular complexity index is 787. The zero-order chi connectivity index (χ0) is 17.1. The fourth-order valence-corrected chi connectivity index (χ4v) is 4.19. The first-order valence-corrected chi connectivity index (χ1v) is 9.03. The van der Waals surface area contributed by atoms with Gasteiger partial charge in [-0.05, 0) is 17.2 Å². The summed E-state index contributed by atoms with van der Waals surface area (Å²) < 4.78 is 0. The van der Waals surface area contributed by atoms with Gasteiger partial charge in [-0.1, -0.05) is 90.5 Å². The van der Waals surface area contributed by atoms with E-state index in [2.05, 4.69) is 83.0 Å². The number of rotatable bonds is 4. The highest BCUT2D eigenvalue weighted by atomic mass is 35.5. The molecule has 3 aromatic rings. The second kappa shape index (κ2) is 7.01. The molecule has 1 heterocycles. The van der Waals surface area contributed by atoms with Crippen LogP contribution in [0.5, 0.6) is 0 Å². The molecule has 0 saturated carbocycles. The lowest BCUT2D eigenvalue weighted by Crippen LogP contribution is -2.47. The summed E-state index contributed by atoms with van der Waals surface area (Å²) in [6.07, 6.45) is 0. The molecule has 2 nitrogen and oxygen atoms in total. The minimum atomic E-state index is -0.412. The van der Waals surface area contributed by atoms with Crippen molar-refractivity contribution >= 4 is 11.6 Å². The Morgan fingerprint density at radius 2 is 1.32 bits per heavy atom. The van der Waals surface area contributed by atoms with Gasteiger partial charge in [0.25, 0.3) is 0 Å². The zero-order valence-corrected chi connectivity index (χ0v) is 14.8. The molecule has 4 rings (SSSR count). The first-order valence-electron chi connectivity index (χ1n) is 8.65. The van der Waals surface area contributed by atoms with Crippen LogP contribution in [0.1, 0.15) is 16.7 Å². The fraction of sp³-hybridized carbons (Fsp3) is 0.182. The second-order valence-corrected chi connectivity index (χ2v) is 6.75. The van der Waals surface area contributed by atoms with Gasteiger partial charge in [0.1, 0.15) is 0 Å². The first-order chi connectivity index (χ1) is 12.3. The molecule has 1 aliphatic heterocycles. The largest absolute Gasteiger partial charge is 0.303 e. The van der Waals surface area contributed by atoms with Crippen LogP contribution in [0.25, 0.3) is 0 Å². The molecular weight excluding hydrogens is 328 g/mol. The maximum Gasteiger partial charge on any atom is 0.0997 e. The first kappa shape index (κ1) is 16.3. The Labute approximate surface area is 154 Å². The van der Waals surface area contributed by atoms with Crippen molar-refractivity contribution in [2.45, 2.75) is 5.54 Å². The van der Waals surface area contributed by atoms with Crippen LogP contribution in [0.2, 0.25) is 5.02 Å². The summed E-state index contributed by atoms with van der Waals surface area (Å²) in [5, 5.41) is 4.28. The zero-order valence-electron chi connectivity index (χ0n) is 14.0. The van der Waals surface area contributed by atoms with E-state index in [1.807, 2.05) is 12.1 Å². The second-order valence-electron chi connectivity index (χ2n) is 6.34. The highest BCUT2D eigenvalue weighted by Crippen LogP contribution is 2.45. The van der Waals surface area contributed by atoms with Crippen LogP contribution < -0.4 is 5.32 Å². The van der Waals surface area contributed by atoms with Gasteiger partial charge in [0.05, 0.1) is 5.54 Å². The van der Waals surface area contributed by atoms with Crippen molar-refractivity contribution in [1.29, 1.82) is 0 Å². The molecule has 1 aliphatic rings. The van der Waals surface area contributed by atoms with Crippen molar-refractivity contribution < 1.29 is 0 Å². The van der Waals surface area contributed by atoms with Crippen LogP contribution in [-0.4, -0.2) is 24.7 Å². The molecule has 0 amide bonds. The van der Waals surface area contributed by atoms with Crippen LogP contribution in [0.4, 0.5) is 0 Å². The number of nitrogens with zero attached hydrogens (tertiary/aromatic N) is 1. The van der Waals surface area contributed by atoms with E-state index in [0.29, 0.717) is 0 Å². The summed E-state index contributed by atoms with van der Waals surface area (Å²) in [6.45, 7) is 2.77. The van der Waals surface area contributed by atoms with E-state index >= 15 is 0 Å². The Kier molecular flexibility index (Phi) is 4.58. The molecule has 1 fully saturated rings. The normalized spacial score (nSPS) is 15.4. The van der Waals surface area contributed by atoms with Crippen molar-refractivity contribution in [2.75, 3.05) is 19.8 Å². The minimum absolute atomic E-state index is 0.412. The Hall–Kier alpha value is -2.13. The Balaban J connectivity index is 2.07. The van der Waals surface area contributed by atoms with Gasteiger partial charge in [0, 0.05) is 30.3 Å². The van der Waals surface area contributed by atoms with Crippen LogP contribution >= 0.6 is 11.6 Å². The van der Waals surface area contributed by atoms with Crippen LogP contribution in [0.15, 0.2) is 84.9 Å². The van der Waals surface area contributed by atoms with Gasteiger partial charge in [0.15, 0.2) is 0 Å². The summed E-state index contributed by atoms with van der Waals surface area (Å²) in [6, 6.07) is 29.6. The van der Waals surface area contributed by atoms with Gasteiger partial charge >= 0.3 is 0 Å². The molecular formula is C22H21ClN2. The van der Waals surface area contributed by atoms with E-state index in [1.165, 1.54) is 11.1 Å². The monoisotopic (exact) mass is 348 g/mol. The number of hydrogen-bond donors (Lipinski definition) is 1. The smallest absolute Gasteiger partial charge is 0.0997 e. The van der Waals surface area contributed by atoms with Gasteiger partial charge in [-0.25, -0.2) is 0 Å². The van der Waals surface area contributed by atoms with E-state index in [0.717, 1.165) is 30.3 Å². The van der Waals surface area contributed by atoms with Crippen molar-refractivity contribution in [3.05, 3.63) is 107 Å². The average molecular weight is 349 g/mol. The molecule has 0 radical (unpaired) electrons. The summed E-state index contributed by atoms with van der Waals surface area (Å²) in [7, 11) is 0. The average Bonchev–Trinajstić information content (AvgIpc) is 3.21. The maximum absolute atomic E-state index is 6.74. The molecule has 1 N–H and O–H groups in total. The Morgan fingerprint density at radius 1 is 0.760 bits per heavy atom. The third-order valence-corrected chi connectivity index (χ3v) is 5.31. The number of hydrogen-bond acceptors (Lipinski definition) is 2. The molecule has 0 spiro atoms. The van der Waals surface area contributed by atoms with E-state index in [-0.39, 0.29) is 0 Å². The SMILES string of the molecule is Clc1ccccc1C(c1ccccc1)(c1ccccc1)N1CCNC1. The van der Waals surface area contributed by atoms with Crippen LogP contribution in [-0.2, 0) is 5.54 Å². The molecule has 0 aliphatic carbocycles. The standard InChI is InChI=1S/C22H21ClN2/c23-21-14-8-7-13-20(21)22(25-16-15-24-17-25,18-9-3-1-4-10-18)19-11-5-2-6-12-19/h1-14,24H,15-17H2. The molecule has 0 bridgehead atoms. The molecule has 3 aromatic carbocycles.